The third-order valence-corrected chi connectivity index (χ3v) is 4.27. The Kier molecular flexibility index (Phi) is 6.33. The molecule has 1 unspecified atom stereocenters. The van der Waals surface area contributed by atoms with Gasteiger partial charge in [-0.3, -0.25) is 4.79 Å². The molecule has 0 aliphatic rings. The number of nitrogens with one attached hydrogen (secondary N) is 1. The minimum absolute atomic E-state index is 0.0559. The molecular weight excluding hydrogens is 337 g/mol. The fraction of sp³-hybridized carbons (Fsp3) is 0.300. The summed E-state index contributed by atoms with van der Waals surface area (Å²) in [5.41, 5.74) is 3.16. The Morgan fingerprint density at radius 1 is 1.15 bits per heavy atom. The molecule has 0 fully saturated rings. The van der Waals surface area contributed by atoms with Crippen molar-refractivity contribution >= 4 is 11.9 Å². The van der Waals surface area contributed by atoms with E-state index in [1.807, 2.05) is 19.9 Å². The van der Waals surface area contributed by atoms with Crippen LogP contribution in [0.3, 0.4) is 0 Å². The van der Waals surface area contributed by atoms with Crippen molar-refractivity contribution in [1.82, 2.24) is 5.32 Å². The Labute approximate surface area is 151 Å². The first kappa shape index (κ1) is 19.4. The molecule has 2 rings (SSSR count). The van der Waals surface area contributed by atoms with Crippen molar-refractivity contribution in [3.8, 4) is 5.75 Å². The lowest BCUT2D eigenvalue weighted by Gasteiger charge is -2.16. The summed E-state index contributed by atoms with van der Waals surface area (Å²) in [4.78, 5) is 23.7. The number of hydrogen-bond acceptors (Lipinski definition) is 3. The monoisotopic (exact) mass is 359 g/mol. The van der Waals surface area contributed by atoms with Crippen LogP contribution in [-0.4, -0.2) is 24.1 Å². The number of carbonyl (C=O) groups is 2. The maximum atomic E-state index is 13.7. The molecule has 2 N–H and O–H groups in total. The van der Waals surface area contributed by atoms with Crippen LogP contribution in [0.15, 0.2) is 36.4 Å². The highest BCUT2D eigenvalue weighted by atomic mass is 19.1. The molecular formula is C20H22FNO4. The molecule has 0 aromatic heterocycles. The highest BCUT2D eigenvalue weighted by Gasteiger charge is 2.22. The van der Waals surface area contributed by atoms with Gasteiger partial charge in [0.1, 0.15) is 0 Å². The van der Waals surface area contributed by atoms with Gasteiger partial charge < -0.3 is 15.2 Å². The number of carboxylic acids is 1. The van der Waals surface area contributed by atoms with Gasteiger partial charge in [-0.05, 0) is 54.7 Å². The van der Waals surface area contributed by atoms with Gasteiger partial charge in [0.25, 0.3) is 0 Å². The number of aliphatic carboxylic acids is 1. The van der Waals surface area contributed by atoms with Gasteiger partial charge in [-0.1, -0.05) is 24.3 Å². The van der Waals surface area contributed by atoms with Crippen molar-refractivity contribution in [2.75, 3.05) is 7.11 Å². The molecule has 0 aliphatic heterocycles. The summed E-state index contributed by atoms with van der Waals surface area (Å²) in [6, 6.07) is 8.64. The van der Waals surface area contributed by atoms with Gasteiger partial charge >= 0.3 is 5.97 Å². The highest BCUT2D eigenvalue weighted by molar-refractivity contribution is 5.84. The molecule has 5 nitrogen and oxygen atoms in total. The van der Waals surface area contributed by atoms with Crippen LogP contribution in [0.4, 0.5) is 4.39 Å². The van der Waals surface area contributed by atoms with Crippen molar-refractivity contribution in [3.05, 3.63) is 64.5 Å². The van der Waals surface area contributed by atoms with Crippen LogP contribution in [0.5, 0.6) is 5.75 Å². The van der Waals surface area contributed by atoms with Gasteiger partial charge in [0, 0.05) is 6.42 Å². The average molecular weight is 359 g/mol. The highest BCUT2D eigenvalue weighted by Crippen LogP contribution is 2.20. The predicted molar refractivity (Wildman–Crippen MR) is 95.7 cm³/mol. The second-order valence-corrected chi connectivity index (χ2v) is 6.15. The Balaban J connectivity index is 2.02. The molecule has 0 aliphatic carbocycles. The van der Waals surface area contributed by atoms with Gasteiger partial charge in [-0.25, -0.2) is 9.18 Å². The normalized spacial score (nSPS) is 11.7. The molecule has 6 heteroatoms. The van der Waals surface area contributed by atoms with E-state index in [0.717, 1.165) is 11.1 Å². The molecule has 26 heavy (non-hydrogen) atoms. The van der Waals surface area contributed by atoms with E-state index in [1.165, 1.54) is 19.2 Å². The van der Waals surface area contributed by atoms with E-state index < -0.39 is 23.7 Å². The number of aryl methyl sites for hydroxylation is 3. The van der Waals surface area contributed by atoms with Crippen LogP contribution < -0.4 is 10.1 Å². The second-order valence-electron chi connectivity index (χ2n) is 6.15. The molecule has 1 atom stereocenters. The quantitative estimate of drug-likeness (QED) is 0.795. The van der Waals surface area contributed by atoms with Crippen molar-refractivity contribution in [1.29, 1.82) is 0 Å². The first-order chi connectivity index (χ1) is 12.3. The Morgan fingerprint density at radius 2 is 1.88 bits per heavy atom. The SMILES string of the molecule is COc1ccc(CCC(=O)NC(C(=O)O)c2ccc(C)c(C)c2)cc1F. The minimum Gasteiger partial charge on any atom is -0.494 e. The summed E-state index contributed by atoms with van der Waals surface area (Å²) in [7, 11) is 1.38. The van der Waals surface area contributed by atoms with Crippen LogP contribution in [0.1, 0.15) is 34.7 Å². The Hall–Kier alpha value is -2.89. The summed E-state index contributed by atoms with van der Waals surface area (Å²) in [6.45, 7) is 3.82. The fourth-order valence-electron chi connectivity index (χ4n) is 2.59. The standard InChI is InChI=1S/C20H22FNO4/c1-12-4-7-15(10-13(12)2)19(20(24)25)22-18(23)9-6-14-5-8-17(26-3)16(21)11-14/h4-5,7-8,10-11,19H,6,9H2,1-3H3,(H,22,23)(H,24,25). The number of hydrogen-bond donors (Lipinski definition) is 2. The van der Waals surface area contributed by atoms with E-state index in [1.54, 1.807) is 18.2 Å². The topological polar surface area (TPSA) is 75.6 Å². The predicted octanol–water partition coefficient (Wildman–Crippen LogP) is 3.33. The Morgan fingerprint density at radius 3 is 2.46 bits per heavy atom. The molecule has 1 amide bonds. The van der Waals surface area contributed by atoms with Gasteiger partial charge in [-0.2, -0.15) is 0 Å². The van der Waals surface area contributed by atoms with Crippen molar-refractivity contribution in [3.63, 3.8) is 0 Å². The summed E-state index contributed by atoms with van der Waals surface area (Å²) < 4.78 is 18.5. The molecule has 0 spiro atoms. The molecule has 2 aromatic carbocycles. The zero-order valence-corrected chi connectivity index (χ0v) is 15.0. The fourth-order valence-corrected chi connectivity index (χ4v) is 2.59. The lowest BCUT2D eigenvalue weighted by Crippen LogP contribution is -2.34. The van der Waals surface area contributed by atoms with Crippen LogP contribution in [-0.2, 0) is 16.0 Å². The van der Waals surface area contributed by atoms with E-state index in [4.69, 9.17) is 4.74 Å². The lowest BCUT2D eigenvalue weighted by atomic mass is 10.0. The number of ether oxygens (including phenoxy) is 1. The van der Waals surface area contributed by atoms with E-state index in [0.29, 0.717) is 17.5 Å². The van der Waals surface area contributed by atoms with Crippen LogP contribution in [0.25, 0.3) is 0 Å². The maximum Gasteiger partial charge on any atom is 0.330 e. The zero-order valence-electron chi connectivity index (χ0n) is 15.0. The van der Waals surface area contributed by atoms with Crippen molar-refractivity contribution in [2.24, 2.45) is 0 Å². The number of carboxylic acid groups (broad SMARTS) is 1. The van der Waals surface area contributed by atoms with Crippen LogP contribution in [0, 0.1) is 19.7 Å². The minimum atomic E-state index is -1.13. The molecule has 138 valence electrons. The maximum absolute atomic E-state index is 13.7. The number of methoxy groups -OCH3 is 1. The van der Waals surface area contributed by atoms with Crippen molar-refractivity contribution in [2.45, 2.75) is 32.7 Å². The Bertz CT molecular complexity index is 819. The molecule has 0 saturated carbocycles. The van der Waals surface area contributed by atoms with Crippen LogP contribution >= 0.6 is 0 Å². The summed E-state index contributed by atoms with van der Waals surface area (Å²) >= 11 is 0. The largest absolute Gasteiger partial charge is 0.494 e. The van der Waals surface area contributed by atoms with Gasteiger partial charge in [-0.15, -0.1) is 0 Å². The van der Waals surface area contributed by atoms with E-state index >= 15 is 0 Å². The van der Waals surface area contributed by atoms with Gasteiger partial charge in [0.15, 0.2) is 17.6 Å². The van der Waals surface area contributed by atoms with Crippen molar-refractivity contribution < 1.29 is 23.8 Å². The third kappa shape index (κ3) is 4.81. The molecule has 0 saturated heterocycles. The molecule has 0 radical (unpaired) electrons. The number of rotatable bonds is 7. The molecule has 0 bridgehead atoms. The number of carbonyl (C=O) groups excluding carboxylic acids is 1. The van der Waals surface area contributed by atoms with Crippen LogP contribution in [0.2, 0.25) is 0 Å². The summed E-state index contributed by atoms with van der Waals surface area (Å²) in [5, 5.41) is 12.0. The number of benzene rings is 2. The van der Waals surface area contributed by atoms with Gasteiger partial charge in [0.2, 0.25) is 5.91 Å². The van der Waals surface area contributed by atoms with E-state index in [-0.39, 0.29) is 12.2 Å². The lowest BCUT2D eigenvalue weighted by molar-refractivity contribution is -0.142. The summed E-state index contributed by atoms with van der Waals surface area (Å²) in [5.74, 6) is -1.90. The van der Waals surface area contributed by atoms with Gasteiger partial charge in [0.05, 0.1) is 7.11 Å². The number of amides is 1. The van der Waals surface area contributed by atoms with E-state index in [9.17, 15) is 19.1 Å². The molecule has 2 aromatic rings. The third-order valence-electron chi connectivity index (χ3n) is 4.27. The number of halogens is 1. The smallest absolute Gasteiger partial charge is 0.330 e. The average Bonchev–Trinajstić information content (AvgIpc) is 2.60. The summed E-state index contributed by atoms with van der Waals surface area (Å²) in [6.07, 6.45) is 0.354. The zero-order chi connectivity index (χ0) is 19.3. The molecule has 0 heterocycles. The second kappa shape index (κ2) is 8.47. The first-order valence-electron chi connectivity index (χ1n) is 8.23. The van der Waals surface area contributed by atoms with E-state index in [2.05, 4.69) is 5.32 Å². The first-order valence-corrected chi connectivity index (χ1v) is 8.23.